The third kappa shape index (κ3) is 3.02. The Labute approximate surface area is 119 Å². The largest absolute Gasteiger partial charge is 0.322 e. The average Bonchev–Trinajstić information content (AvgIpc) is 2.41. The minimum absolute atomic E-state index is 0.259. The maximum Gasteiger partial charge on any atom is 0.257 e. The maximum atomic E-state index is 12.0. The van der Waals surface area contributed by atoms with Crippen molar-refractivity contribution in [3.8, 4) is 6.07 Å². The molecule has 94 valence electrons. The van der Waals surface area contributed by atoms with Crippen LogP contribution in [0.3, 0.4) is 0 Å². The first-order valence-electron chi connectivity index (χ1n) is 5.22. The quantitative estimate of drug-likeness (QED) is 0.921. The number of carbonyl (C=O) groups is 1. The zero-order chi connectivity index (χ0) is 13.8. The molecule has 2 aromatic rings. The van der Waals surface area contributed by atoms with Crippen molar-refractivity contribution in [2.45, 2.75) is 0 Å². The van der Waals surface area contributed by atoms with Crippen LogP contribution < -0.4 is 5.32 Å². The van der Waals surface area contributed by atoms with Gasteiger partial charge in [0.05, 0.1) is 21.2 Å². The molecular formula is C13H7Cl2N3O. The van der Waals surface area contributed by atoms with Crippen molar-refractivity contribution in [3.05, 3.63) is 57.8 Å². The van der Waals surface area contributed by atoms with Gasteiger partial charge < -0.3 is 5.32 Å². The summed E-state index contributed by atoms with van der Waals surface area (Å²) in [4.78, 5) is 15.8. The molecule has 1 heterocycles. The number of carbonyl (C=O) groups excluding carboxylic acids is 1. The SMILES string of the molecule is N#Cc1cc(NC(=O)c2ccncc2Cl)ccc1Cl. The van der Waals surface area contributed by atoms with E-state index in [1.165, 1.54) is 24.5 Å². The summed E-state index contributed by atoms with van der Waals surface area (Å²) in [6, 6.07) is 8.10. The van der Waals surface area contributed by atoms with Crippen LogP contribution in [-0.4, -0.2) is 10.9 Å². The molecule has 0 fully saturated rings. The molecule has 1 aromatic carbocycles. The van der Waals surface area contributed by atoms with Gasteiger partial charge in [0.2, 0.25) is 0 Å². The van der Waals surface area contributed by atoms with Gasteiger partial charge in [-0.3, -0.25) is 9.78 Å². The molecule has 0 aliphatic heterocycles. The molecule has 19 heavy (non-hydrogen) atoms. The molecule has 4 nitrogen and oxygen atoms in total. The topological polar surface area (TPSA) is 65.8 Å². The van der Waals surface area contributed by atoms with E-state index in [0.717, 1.165) is 0 Å². The predicted molar refractivity (Wildman–Crippen MR) is 73.4 cm³/mol. The second-order valence-corrected chi connectivity index (χ2v) is 4.43. The van der Waals surface area contributed by atoms with Crippen LogP contribution in [0.1, 0.15) is 15.9 Å². The van der Waals surface area contributed by atoms with Gasteiger partial charge in [0.1, 0.15) is 6.07 Å². The van der Waals surface area contributed by atoms with Crippen LogP contribution in [0.4, 0.5) is 5.69 Å². The highest BCUT2D eigenvalue weighted by atomic mass is 35.5. The highest BCUT2D eigenvalue weighted by molar-refractivity contribution is 6.34. The summed E-state index contributed by atoms with van der Waals surface area (Å²) in [6.45, 7) is 0. The molecule has 0 radical (unpaired) electrons. The summed E-state index contributed by atoms with van der Waals surface area (Å²) in [5, 5.41) is 12.1. The number of nitriles is 1. The minimum atomic E-state index is -0.376. The average molecular weight is 292 g/mol. The summed E-state index contributed by atoms with van der Waals surface area (Å²) in [7, 11) is 0. The molecule has 1 aromatic heterocycles. The van der Waals surface area contributed by atoms with Crippen molar-refractivity contribution in [3.63, 3.8) is 0 Å². The zero-order valence-electron chi connectivity index (χ0n) is 9.52. The van der Waals surface area contributed by atoms with Gasteiger partial charge in [0.15, 0.2) is 0 Å². The van der Waals surface area contributed by atoms with E-state index in [9.17, 15) is 4.79 Å². The molecule has 1 amide bonds. The van der Waals surface area contributed by atoms with Crippen molar-refractivity contribution in [1.29, 1.82) is 5.26 Å². The smallest absolute Gasteiger partial charge is 0.257 e. The first kappa shape index (κ1) is 13.3. The van der Waals surface area contributed by atoms with Gasteiger partial charge in [-0.05, 0) is 24.3 Å². The Balaban J connectivity index is 2.25. The van der Waals surface area contributed by atoms with E-state index in [0.29, 0.717) is 21.8 Å². The highest BCUT2D eigenvalue weighted by Gasteiger charge is 2.11. The van der Waals surface area contributed by atoms with E-state index in [1.54, 1.807) is 12.1 Å². The lowest BCUT2D eigenvalue weighted by Crippen LogP contribution is -2.12. The molecule has 2 rings (SSSR count). The van der Waals surface area contributed by atoms with Crippen molar-refractivity contribution in [2.75, 3.05) is 5.32 Å². The Bertz CT molecular complexity index is 680. The summed E-state index contributed by atoms with van der Waals surface area (Å²) in [5.74, 6) is -0.376. The molecule has 0 aliphatic rings. The van der Waals surface area contributed by atoms with Crippen molar-refractivity contribution >= 4 is 34.8 Å². The molecule has 6 heteroatoms. The van der Waals surface area contributed by atoms with Crippen molar-refractivity contribution in [2.24, 2.45) is 0 Å². The van der Waals surface area contributed by atoms with Crippen LogP contribution in [0.25, 0.3) is 0 Å². The molecule has 0 aliphatic carbocycles. The normalized spacial score (nSPS) is 9.74. The fourth-order valence-electron chi connectivity index (χ4n) is 1.45. The maximum absolute atomic E-state index is 12.0. The van der Waals surface area contributed by atoms with Crippen molar-refractivity contribution in [1.82, 2.24) is 4.98 Å². The predicted octanol–water partition coefficient (Wildman–Crippen LogP) is 3.51. The van der Waals surface area contributed by atoms with Crippen LogP contribution in [0.15, 0.2) is 36.7 Å². The molecule has 1 N–H and O–H groups in total. The van der Waals surface area contributed by atoms with Crippen LogP contribution in [-0.2, 0) is 0 Å². The summed E-state index contributed by atoms with van der Waals surface area (Å²) in [5.41, 5.74) is 1.07. The summed E-state index contributed by atoms with van der Waals surface area (Å²) in [6.07, 6.45) is 2.86. The van der Waals surface area contributed by atoms with Gasteiger partial charge in [0.25, 0.3) is 5.91 Å². The van der Waals surface area contributed by atoms with Gasteiger partial charge >= 0.3 is 0 Å². The first-order valence-corrected chi connectivity index (χ1v) is 5.98. The van der Waals surface area contributed by atoms with Gasteiger partial charge in [-0.15, -0.1) is 0 Å². The second-order valence-electron chi connectivity index (χ2n) is 3.62. The van der Waals surface area contributed by atoms with Crippen LogP contribution in [0.5, 0.6) is 0 Å². The standard InChI is InChI=1S/C13H7Cl2N3O/c14-11-2-1-9(5-8(11)6-16)18-13(19)10-3-4-17-7-12(10)15/h1-5,7H,(H,18,19). The Morgan fingerprint density at radius 2 is 2.05 bits per heavy atom. The number of hydrogen-bond acceptors (Lipinski definition) is 3. The molecule has 0 bridgehead atoms. The van der Waals surface area contributed by atoms with E-state index in [4.69, 9.17) is 28.5 Å². The number of amides is 1. The van der Waals surface area contributed by atoms with E-state index < -0.39 is 0 Å². The third-order valence-corrected chi connectivity index (χ3v) is 2.99. The molecule has 0 saturated heterocycles. The summed E-state index contributed by atoms with van der Waals surface area (Å²) < 4.78 is 0. The third-order valence-electron chi connectivity index (χ3n) is 2.36. The zero-order valence-corrected chi connectivity index (χ0v) is 11.0. The van der Waals surface area contributed by atoms with E-state index >= 15 is 0 Å². The van der Waals surface area contributed by atoms with Gasteiger partial charge in [-0.2, -0.15) is 5.26 Å². The number of nitrogens with zero attached hydrogens (tertiary/aromatic N) is 2. The number of halogens is 2. The summed E-state index contributed by atoms with van der Waals surface area (Å²) >= 11 is 11.7. The van der Waals surface area contributed by atoms with E-state index in [-0.39, 0.29) is 10.9 Å². The fourth-order valence-corrected chi connectivity index (χ4v) is 1.81. The molecule has 0 spiro atoms. The lowest BCUT2D eigenvalue weighted by atomic mass is 10.2. The van der Waals surface area contributed by atoms with Crippen LogP contribution >= 0.6 is 23.2 Å². The number of rotatable bonds is 2. The molecular weight excluding hydrogens is 285 g/mol. The molecule has 0 unspecified atom stereocenters. The Kier molecular flexibility index (Phi) is 4.00. The number of hydrogen-bond donors (Lipinski definition) is 1. The number of aromatic nitrogens is 1. The fraction of sp³-hybridized carbons (Fsp3) is 0. The Morgan fingerprint density at radius 1 is 1.26 bits per heavy atom. The van der Waals surface area contributed by atoms with Gasteiger partial charge in [0, 0.05) is 18.1 Å². The first-order chi connectivity index (χ1) is 9.11. The number of anilines is 1. The Morgan fingerprint density at radius 3 is 2.74 bits per heavy atom. The monoisotopic (exact) mass is 291 g/mol. The highest BCUT2D eigenvalue weighted by Crippen LogP contribution is 2.21. The van der Waals surface area contributed by atoms with Crippen molar-refractivity contribution < 1.29 is 4.79 Å². The number of benzene rings is 1. The second kappa shape index (κ2) is 5.70. The Hall–Kier alpha value is -2.09. The number of nitrogens with one attached hydrogen (secondary N) is 1. The van der Waals surface area contributed by atoms with Crippen LogP contribution in [0, 0.1) is 11.3 Å². The van der Waals surface area contributed by atoms with Gasteiger partial charge in [-0.25, -0.2) is 0 Å². The van der Waals surface area contributed by atoms with E-state index in [1.807, 2.05) is 6.07 Å². The van der Waals surface area contributed by atoms with Gasteiger partial charge in [-0.1, -0.05) is 23.2 Å². The molecule has 0 saturated carbocycles. The lowest BCUT2D eigenvalue weighted by molar-refractivity contribution is 0.102. The minimum Gasteiger partial charge on any atom is -0.322 e. The number of pyridine rings is 1. The van der Waals surface area contributed by atoms with E-state index in [2.05, 4.69) is 10.3 Å². The van der Waals surface area contributed by atoms with Crippen LogP contribution in [0.2, 0.25) is 10.0 Å². The molecule has 0 atom stereocenters. The lowest BCUT2D eigenvalue weighted by Gasteiger charge is -2.07.